The van der Waals surface area contributed by atoms with E-state index >= 15 is 0 Å². The number of hydrogen-bond donors (Lipinski definition) is 0. The number of carbonyl (C=O) groups is 1. The summed E-state index contributed by atoms with van der Waals surface area (Å²) in [6.07, 6.45) is 0. The van der Waals surface area contributed by atoms with E-state index in [0.29, 0.717) is 16.1 Å². The quantitative estimate of drug-likeness (QED) is 0.661. The minimum atomic E-state index is 0.147. The van der Waals surface area contributed by atoms with Crippen molar-refractivity contribution in [3.05, 3.63) is 12.2 Å². The molecule has 3 unspecified atom stereocenters. The van der Waals surface area contributed by atoms with Crippen molar-refractivity contribution in [2.45, 2.75) is 36.5 Å². The van der Waals surface area contributed by atoms with Crippen molar-refractivity contribution < 1.29 is 4.79 Å². The maximum absolute atomic E-state index is 11.6. The molecule has 74 valence electrons. The van der Waals surface area contributed by atoms with Crippen LogP contribution < -0.4 is 0 Å². The summed E-state index contributed by atoms with van der Waals surface area (Å²) in [4.78, 5) is 11.6. The van der Waals surface area contributed by atoms with Crippen LogP contribution in [-0.2, 0) is 4.79 Å². The Hall–Kier alpha value is 0.110. The highest BCUT2D eigenvalue weighted by Crippen LogP contribution is 2.36. The maximum Gasteiger partial charge on any atom is 0.171 e. The molecule has 0 aromatic carbocycles. The molecule has 0 aromatic heterocycles. The smallest absolute Gasteiger partial charge is 0.171 e. The Morgan fingerprint density at radius 3 is 2.46 bits per heavy atom. The van der Waals surface area contributed by atoms with Gasteiger partial charge in [-0.25, -0.2) is 0 Å². The average Bonchev–Trinajstić information content (AvgIpc) is 2.08. The van der Waals surface area contributed by atoms with Gasteiger partial charge in [0.15, 0.2) is 5.78 Å². The molecule has 1 aliphatic rings. The Morgan fingerprint density at radius 2 is 2.00 bits per heavy atom. The second-order valence-corrected chi connectivity index (χ2v) is 6.51. The van der Waals surface area contributed by atoms with Crippen LogP contribution in [0, 0.1) is 0 Å². The molecule has 3 atom stereocenters. The van der Waals surface area contributed by atoms with Gasteiger partial charge in [-0.2, -0.15) is 11.8 Å². The zero-order valence-electron chi connectivity index (χ0n) is 8.37. The summed E-state index contributed by atoms with van der Waals surface area (Å²) in [5.41, 5.74) is 0.694. The highest BCUT2D eigenvalue weighted by molar-refractivity contribution is 8.08. The van der Waals surface area contributed by atoms with E-state index in [0.717, 1.165) is 5.75 Å². The molecule has 0 aliphatic carbocycles. The molecule has 1 nitrogen and oxygen atoms in total. The van der Waals surface area contributed by atoms with Crippen LogP contribution >= 0.6 is 23.5 Å². The van der Waals surface area contributed by atoms with E-state index in [2.05, 4.69) is 20.4 Å². The van der Waals surface area contributed by atoms with Gasteiger partial charge >= 0.3 is 0 Å². The molecular weight excluding hydrogens is 200 g/mol. The van der Waals surface area contributed by atoms with Crippen molar-refractivity contribution in [1.82, 2.24) is 0 Å². The van der Waals surface area contributed by atoms with Crippen molar-refractivity contribution in [3.63, 3.8) is 0 Å². The Morgan fingerprint density at radius 1 is 1.38 bits per heavy atom. The monoisotopic (exact) mass is 216 g/mol. The lowest BCUT2D eigenvalue weighted by molar-refractivity contribution is -0.114. The van der Waals surface area contributed by atoms with Crippen LogP contribution in [0.2, 0.25) is 0 Å². The summed E-state index contributed by atoms with van der Waals surface area (Å²) in [6.45, 7) is 9.92. The molecule has 0 N–H and O–H groups in total. The fourth-order valence-electron chi connectivity index (χ4n) is 1.20. The number of Topliss-reactive ketones (excluding diaryl/α,β-unsaturated/α-hetero) is 1. The van der Waals surface area contributed by atoms with Crippen molar-refractivity contribution in [3.8, 4) is 0 Å². The molecule has 0 saturated carbocycles. The summed E-state index contributed by atoms with van der Waals surface area (Å²) in [5.74, 6) is 1.18. The van der Waals surface area contributed by atoms with Crippen molar-refractivity contribution >= 4 is 29.3 Å². The van der Waals surface area contributed by atoms with Gasteiger partial charge in [0.1, 0.15) is 0 Å². The first-order valence-corrected chi connectivity index (χ1v) is 6.48. The first-order chi connectivity index (χ1) is 6.02. The summed E-state index contributed by atoms with van der Waals surface area (Å²) < 4.78 is 0. The summed E-state index contributed by atoms with van der Waals surface area (Å²) in [7, 11) is 0. The predicted molar refractivity (Wildman–Crippen MR) is 62.6 cm³/mol. The van der Waals surface area contributed by atoms with E-state index in [1.807, 2.05) is 11.8 Å². The van der Waals surface area contributed by atoms with E-state index in [1.54, 1.807) is 18.7 Å². The summed E-state index contributed by atoms with van der Waals surface area (Å²) >= 11 is 3.70. The maximum atomic E-state index is 11.6. The topological polar surface area (TPSA) is 17.1 Å². The highest BCUT2D eigenvalue weighted by atomic mass is 32.2. The Balaban J connectivity index is 2.55. The second-order valence-electron chi connectivity index (χ2n) is 3.51. The van der Waals surface area contributed by atoms with Gasteiger partial charge in [-0.05, 0) is 12.5 Å². The summed E-state index contributed by atoms with van der Waals surface area (Å²) in [6, 6.07) is 0. The van der Waals surface area contributed by atoms with Crippen LogP contribution in [0.1, 0.15) is 20.8 Å². The molecule has 0 spiro atoms. The molecule has 0 amide bonds. The van der Waals surface area contributed by atoms with Gasteiger partial charge in [-0.15, -0.1) is 11.8 Å². The zero-order chi connectivity index (χ0) is 10.0. The first-order valence-electron chi connectivity index (χ1n) is 4.49. The van der Waals surface area contributed by atoms with Crippen LogP contribution in [0.15, 0.2) is 12.2 Å². The lowest BCUT2D eigenvalue weighted by Crippen LogP contribution is -2.31. The number of thioether (sulfide) groups is 2. The normalized spacial score (nSPS) is 34.2. The van der Waals surface area contributed by atoms with E-state index in [1.165, 1.54) is 0 Å². The van der Waals surface area contributed by atoms with Crippen molar-refractivity contribution in [1.29, 1.82) is 0 Å². The molecular formula is C10H16OS2. The fourth-order valence-corrected chi connectivity index (χ4v) is 4.14. The largest absolute Gasteiger partial charge is 0.293 e. The highest BCUT2D eigenvalue weighted by Gasteiger charge is 2.30. The molecule has 3 heteroatoms. The van der Waals surface area contributed by atoms with E-state index < -0.39 is 0 Å². The molecule has 1 aliphatic heterocycles. The zero-order valence-corrected chi connectivity index (χ0v) is 10.0. The standard InChI is InChI=1S/C10H16OS2/c1-6(2)10(11)9-5-12-7(3)8(4)13-9/h7-9H,1,5H2,2-4H3. The molecule has 1 heterocycles. The van der Waals surface area contributed by atoms with Crippen LogP contribution in [0.25, 0.3) is 0 Å². The Labute approximate surface area is 88.7 Å². The SMILES string of the molecule is C=C(C)C(=O)C1CSC(C)C(C)S1. The van der Waals surface area contributed by atoms with Crippen molar-refractivity contribution in [2.24, 2.45) is 0 Å². The van der Waals surface area contributed by atoms with Crippen LogP contribution in [0.4, 0.5) is 0 Å². The molecule has 1 saturated heterocycles. The number of rotatable bonds is 2. The average molecular weight is 216 g/mol. The van der Waals surface area contributed by atoms with Gasteiger partial charge in [0, 0.05) is 16.3 Å². The summed E-state index contributed by atoms with van der Waals surface area (Å²) in [5, 5.41) is 1.39. The minimum Gasteiger partial charge on any atom is -0.293 e. The van der Waals surface area contributed by atoms with Gasteiger partial charge in [0.25, 0.3) is 0 Å². The van der Waals surface area contributed by atoms with Gasteiger partial charge < -0.3 is 0 Å². The van der Waals surface area contributed by atoms with Gasteiger partial charge in [0.2, 0.25) is 0 Å². The van der Waals surface area contributed by atoms with Gasteiger partial charge in [-0.3, -0.25) is 4.79 Å². The third-order valence-electron chi connectivity index (χ3n) is 2.26. The van der Waals surface area contributed by atoms with Crippen LogP contribution in [0.3, 0.4) is 0 Å². The number of carbonyl (C=O) groups excluding carboxylic acids is 1. The minimum absolute atomic E-state index is 0.147. The first kappa shape index (κ1) is 11.2. The molecule has 13 heavy (non-hydrogen) atoms. The molecule has 0 radical (unpaired) electrons. The van der Waals surface area contributed by atoms with Crippen LogP contribution in [0.5, 0.6) is 0 Å². The van der Waals surface area contributed by atoms with E-state index in [-0.39, 0.29) is 11.0 Å². The lowest BCUT2D eigenvalue weighted by Gasteiger charge is -2.30. The third kappa shape index (κ3) is 2.78. The molecule has 0 bridgehead atoms. The second kappa shape index (κ2) is 4.56. The lowest BCUT2D eigenvalue weighted by atomic mass is 10.2. The van der Waals surface area contributed by atoms with Crippen molar-refractivity contribution in [2.75, 3.05) is 5.75 Å². The molecule has 1 rings (SSSR count). The van der Waals surface area contributed by atoms with E-state index in [9.17, 15) is 4.79 Å². The van der Waals surface area contributed by atoms with Crippen LogP contribution in [-0.4, -0.2) is 27.3 Å². The Kier molecular flexibility index (Phi) is 3.92. The molecule has 0 aromatic rings. The number of ketones is 1. The molecule has 1 fully saturated rings. The van der Waals surface area contributed by atoms with Gasteiger partial charge in [-0.1, -0.05) is 20.4 Å². The van der Waals surface area contributed by atoms with E-state index in [4.69, 9.17) is 0 Å². The fraction of sp³-hybridized carbons (Fsp3) is 0.700. The Bertz CT molecular complexity index is 225. The predicted octanol–water partition coefficient (Wildman–Crippen LogP) is 2.76. The van der Waals surface area contributed by atoms with Gasteiger partial charge in [0.05, 0.1) is 5.25 Å². The number of allylic oxidation sites excluding steroid dienone is 1. The third-order valence-corrected chi connectivity index (χ3v) is 5.65. The number of hydrogen-bond acceptors (Lipinski definition) is 3.